The van der Waals surface area contributed by atoms with Crippen LogP contribution in [0.1, 0.15) is 24.3 Å². The van der Waals surface area contributed by atoms with E-state index in [2.05, 4.69) is 9.97 Å². The first kappa shape index (κ1) is 13.4. The second kappa shape index (κ2) is 5.58. The van der Waals surface area contributed by atoms with Crippen molar-refractivity contribution in [2.75, 3.05) is 6.54 Å². The van der Waals surface area contributed by atoms with Gasteiger partial charge in [0.2, 0.25) is 0 Å². The van der Waals surface area contributed by atoms with E-state index in [9.17, 15) is 9.59 Å². The fraction of sp³-hybridized carbons (Fsp3) is 0.400. The zero-order valence-corrected chi connectivity index (χ0v) is 10.2. The lowest BCUT2D eigenvalue weighted by molar-refractivity contribution is -0.138. The van der Waals surface area contributed by atoms with E-state index in [1.807, 2.05) is 0 Å². The summed E-state index contributed by atoms with van der Waals surface area (Å²) in [7, 11) is 0. The van der Waals surface area contributed by atoms with Gasteiger partial charge < -0.3 is 10.0 Å². The molecule has 0 saturated heterocycles. The lowest BCUT2D eigenvalue weighted by Gasteiger charge is -2.24. The molecule has 1 amide bonds. The highest BCUT2D eigenvalue weighted by molar-refractivity contribution is 6.29. The van der Waals surface area contributed by atoms with Gasteiger partial charge in [-0.25, -0.2) is 9.97 Å². The highest BCUT2D eigenvalue weighted by Crippen LogP contribution is 2.07. The van der Waals surface area contributed by atoms with Crippen molar-refractivity contribution >= 4 is 23.5 Å². The van der Waals surface area contributed by atoms with Crippen molar-refractivity contribution in [3.8, 4) is 0 Å². The van der Waals surface area contributed by atoms with E-state index in [0.717, 1.165) is 0 Å². The van der Waals surface area contributed by atoms with Gasteiger partial charge in [0.05, 0.1) is 12.4 Å². The summed E-state index contributed by atoms with van der Waals surface area (Å²) in [5, 5.41) is 8.90. The summed E-state index contributed by atoms with van der Waals surface area (Å²) in [6.45, 7) is 3.08. The molecule has 0 aromatic carbocycles. The number of carbonyl (C=O) groups excluding carboxylic acids is 1. The molecule has 7 heteroatoms. The molecule has 92 valence electrons. The van der Waals surface area contributed by atoms with Gasteiger partial charge in [0, 0.05) is 6.04 Å². The summed E-state index contributed by atoms with van der Waals surface area (Å²) in [6, 6.07) is -0.240. The van der Waals surface area contributed by atoms with Gasteiger partial charge in [-0.3, -0.25) is 9.59 Å². The van der Waals surface area contributed by atoms with Crippen LogP contribution >= 0.6 is 11.6 Å². The Morgan fingerprint density at radius 2 is 2.06 bits per heavy atom. The van der Waals surface area contributed by atoms with E-state index < -0.39 is 11.9 Å². The van der Waals surface area contributed by atoms with Crippen molar-refractivity contribution in [1.82, 2.24) is 14.9 Å². The number of aliphatic carboxylic acids is 1. The predicted molar refractivity (Wildman–Crippen MR) is 60.9 cm³/mol. The average molecular weight is 258 g/mol. The van der Waals surface area contributed by atoms with Crippen LogP contribution in [0.25, 0.3) is 0 Å². The van der Waals surface area contributed by atoms with Gasteiger partial charge in [0.25, 0.3) is 5.91 Å². The van der Waals surface area contributed by atoms with Crippen LogP contribution < -0.4 is 0 Å². The SMILES string of the molecule is CC(C)N(CC(=O)O)C(=O)c1cnc(Cl)cn1. The third-order valence-corrected chi connectivity index (χ3v) is 2.22. The number of rotatable bonds is 4. The molecule has 6 nitrogen and oxygen atoms in total. The molecule has 1 N–H and O–H groups in total. The third kappa shape index (κ3) is 3.67. The molecule has 0 spiro atoms. The number of hydrogen-bond acceptors (Lipinski definition) is 4. The standard InChI is InChI=1S/C10H12ClN3O3/c1-6(2)14(5-9(15)16)10(17)7-3-13-8(11)4-12-7/h3-4,6H,5H2,1-2H3,(H,15,16). The Balaban J connectivity index is 2.91. The summed E-state index contributed by atoms with van der Waals surface area (Å²) in [6.07, 6.45) is 2.47. The number of hydrogen-bond donors (Lipinski definition) is 1. The fourth-order valence-electron chi connectivity index (χ4n) is 1.20. The molecule has 0 fully saturated rings. The zero-order valence-electron chi connectivity index (χ0n) is 9.42. The van der Waals surface area contributed by atoms with Gasteiger partial charge in [-0.1, -0.05) is 11.6 Å². The zero-order chi connectivity index (χ0) is 13.0. The summed E-state index contributed by atoms with van der Waals surface area (Å²) in [4.78, 5) is 31.3. The fourth-order valence-corrected chi connectivity index (χ4v) is 1.30. The largest absolute Gasteiger partial charge is 0.480 e. The van der Waals surface area contributed by atoms with E-state index in [-0.39, 0.29) is 23.4 Å². The van der Waals surface area contributed by atoms with Gasteiger partial charge in [-0.05, 0) is 13.8 Å². The number of carboxylic acid groups (broad SMARTS) is 1. The molecule has 1 rings (SSSR count). The number of halogens is 1. The number of carbonyl (C=O) groups is 2. The summed E-state index contributed by atoms with van der Waals surface area (Å²) >= 11 is 5.55. The van der Waals surface area contributed by atoms with E-state index in [1.165, 1.54) is 17.3 Å². The Morgan fingerprint density at radius 3 is 2.47 bits per heavy atom. The van der Waals surface area contributed by atoms with Crippen molar-refractivity contribution in [2.24, 2.45) is 0 Å². The third-order valence-electron chi connectivity index (χ3n) is 2.03. The Kier molecular flexibility index (Phi) is 4.39. The Labute approximate surface area is 103 Å². The van der Waals surface area contributed by atoms with Crippen LogP contribution in [0.5, 0.6) is 0 Å². The van der Waals surface area contributed by atoms with Gasteiger partial charge >= 0.3 is 5.97 Å². The molecular formula is C10H12ClN3O3. The summed E-state index contributed by atoms with van der Waals surface area (Å²) in [5.41, 5.74) is 0.0735. The first-order chi connectivity index (χ1) is 7.91. The number of nitrogens with zero attached hydrogens (tertiary/aromatic N) is 3. The predicted octanol–water partition coefficient (Wildman–Crippen LogP) is 1.07. The van der Waals surface area contributed by atoms with Crippen LogP contribution in [-0.2, 0) is 4.79 Å². The lowest BCUT2D eigenvalue weighted by atomic mass is 10.2. The van der Waals surface area contributed by atoms with Crippen LogP contribution in [-0.4, -0.2) is 44.4 Å². The van der Waals surface area contributed by atoms with Crippen LogP contribution in [0.4, 0.5) is 0 Å². The molecule has 17 heavy (non-hydrogen) atoms. The molecule has 0 bridgehead atoms. The Bertz CT molecular complexity index is 419. The van der Waals surface area contributed by atoms with E-state index in [0.29, 0.717) is 0 Å². The molecule has 1 aromatic rings. The quantitative estimate of drug-likeness (QED) is 0.872. The highest BCUT2D eigenvalue weighted by atomic mass is 35.5. The maximum atomic E-state index is 12.0. The van der Waals surface area contributed by atoms with Gasteiger partial charge in [0.15, 0.2) is 0 Å². The van der Waals surface area contributed by atoms with E-state index in [4.69, 9.17) is 16.7 Å². The van der Waals surface area contributed by atoms with Crippen LogP contribution in [0, 0.1) is 0 Å². The number of aromatic nitrogens is 2. The van der Waals surface area contributed by atoms with Crippen molar-refractivity contribution in [1.29, 1.82) is 0 Å². The maximum Gasteiger partial charge on any atom is 0.323 e. The molecule has 0 aliphatic rings. The first-order valence-corrected chi connectivity index (χ1v) is 5.30. The monoisotopic (exact) mass is 257 g/mol. The van der Waals surface area contributed by atoms with E-state index >= 15 is 0 Å². The Hall–Kier alpha value is -1.69. The van der Waals surface area contributed by atoms with Crippen LogP contribution in [0.3, 0.4) is 0 Å². The minimum atomic E-state index is -1.08. The van der Waals surface area contributed by atoms with Crippen LogP contribution in [0.2, 0.25) is 5.15 Å². The highest BCUT2D eigenvalue weighted by Gasteiger charge is 2.22. The maximum absolute atomic E-state index is 12.0. The van der Waals surface area contributed by atoms with Gasteiger partial charge in [-0.15, -0.1) is 0 Å². The van der Waals surface area contributed by atoms with E-state index in [1.54, 1.807) is 13.8 Å². The number of amides is 1. The first-order valence-electron chi connectivity index (χ1n) is 4.92. The molecule has 1 aromatic heterocycles. The molecule has 0 aliphatic heterocycles. The molecule has 0 saturated carbocycles. The van der Waals surface area contributed by atoms with Crippen molar-refractivity contribution in [2.45, 2.75) is 19.9 Å². The Morgan fingerprint density at radius 1 is 1.41 bits per heavy atom. The van der Waals surface area contributed by atoms with Gasteiger partial charge in [0.1, 0.15) is 17.4 Å². The molecule has 1 heterocycles. The number of carboxylic acids is 1. The van der Waals surface area contributed by atoms with Crippen molar-refractivity contribution in [3.05, 3.63) is 23.2 Å². The summed E-state index contributed by atoms with van der Waals surface area (Å²) < 4.78 is 0. The van der Waals surface area contributed by atoms with Crippen LogP contribution in [0.15, 0.2) is 12.4 Å². The molecule has 0 radical (unpaired) electrons. The normalized spacial score (nSPS) is 10.4. The minimum Gasteiger partial charge on any atom is -0.480 e. The second-order valence-corrected chi connectivity index (χ2v) is 4.03. The van der Waals surface area contributed by atoms with Gasteiger partial charge in [-0.2, -0.15) is 0 Å². The van der Waals surface area contributed by atoms with Crippen molar-refractivity contribution < 1.29 is 14.7 Å². The van der Waals surface area contributed by atoms with Crippen molar-refractivity contribution in [3.63, 3.8) is 0 Å². The molecular weight excluding hydrogens is 246 g/mol. The molecule has 0 aliphatic carbocycles. The minimum absolute atomic E-state index is 0.0735. The smallest absolute Gasteiger partial charge is 0.323 e. The average Bonchev–Trinajstić information content (AvgIpc) is 2.25. The second-order valence-electron chi connectivity index (χ2n) is 3.64. The molecule has 0 atom stereocenters. The topological polar surface area (TPSA) is 83.4 Å². The summed E-state index contributed by atoms with van der Waals surface area (Å²) in [5.74, 6) is -1.56. The molecule has 0 unspecified atom stereocenters. The lowest BCUT2D eigenvalue weighted by Crippen LogP contribution is -2.41.